The van der Waals surface area contributed by atoms with E-state index in [0.717, 1.165) is 34.8 Å². The SMILES string of the molecule is Cc1cc(O)c(CN2CCCC[C@@H]2C)c2c1C(=O)C(=Cc1cc3cc(Br)ccc3o1)O2. The molecular weight excluding hydrogens is 458 g/mol. The largest absolute Gasteiger partial charge is 0.507 e. The van der Waals surface area contributed by atoms with Gasteiger partial charge in [-0.15, -0.1) is 0 Å². The molecule has 2 aromatic carbocycles. The molecule has 0 unspecified atom stereocenters. The van der Waals surface area contributed by atoms with Crippen LogP contribution in [0.25, 0.3) is 17.0 Å². The molecule has 1 aromatic heterocycles. The normalized spacial score (nSPS) is 20.4. The molecule has 5 nitrogen and oxygen atoms in total. The van der Waals surface area contributed by atoms with Crippen LogP contribution in [0.2, 0.25) is 0 Å². The second kappa shape index (κ2) is 7.84. The van der Waals surface area contributed by atoms with Gasteiger partial charge < -0.3 is 14.3 Å². The molecule has 6 heteroatoms. The molecule has 5 rings (SSSR count). The number of piperidine rings is 1. The number of likely N-dealkylation sites (tertiary alicyclic amines) is 1. The minimum Gasteiger partial charge on any atom is -0.507 e. The van der Waals surface area contributed by atoms with Crippen LogP contribution in [0, 0.1) is 6.92 Å². The van der Waals surface area contributed by atoms with Gasteiger partial charge in [0.2, 0.25) is 5.78 Å². The van der Waals surface area contributed by atoms with Crippen LogP contribution >= 0.6 is 15.9 Å². The number of nitrogens with zero attached hydrogens (tertiary/aromatic N) is 1. The molecule has 1 saturated heterocycles. The molecular formula is C25H24BrNO4. The summed E-state index contributed by atoms with van der Waals surface area (Å²) in [4.78, 5) is 15.5. The lowest BCUT2D eigenvalue weighted by molar-refractivity contribution is 0.101. The van der Waals surface area contributed by atoms with Gasteiger partial charge in [-0.1, -0.05) is 22.4 Å². The quantitative estimate of drug-likeness (QED) is 0.451. The number of benzene rings is 2. The Morgan fingerprint density at radius 2 is 2.10 bits per heavy atom. The highest BCUT2D eigenvalue weighted by Crippen LogP contribution is 2.43. The van der Waals surface area contributed by atoms with E-state index in [0.29, 0.717) is 40.8 Å². The average Bonchev–Trinajstić information content (AvgIpc) is 3.27. The summed E-state index contributed by atoms with van der Waals surface area (Å²) >= 11 is 3.46. The number of fused-ring (bicyclic) bond motifs is 2. The third-order valence-corrected chi connectivity index (χ3v) is 6.79. The van der Waals surface area contributed by atoms with Gasteiger partial charge in [-0.05, 0) is 69.1 Å². The average molecular weight is 482 g/mol. The maximum atomic E-state index is 13.2. The Bertz CT molecular complexity index is 1230. The number of carbonyl (C=O) groups is 1. The summed E-state index contributed by atoms with van der Waals surface area (Å²) in [6, 6.07) is 9.75. The number of ketones is 1. The molecule has 0 amide bonds. The molecule has 0 aliphatic carbocycles. The fourth-order valence-corrected chi connectivity index (χ4v) is 4.94. The maximum absolute atomic E-state index is 13.2. The summed E-state index contributed by atoms with van der Waals surface area (Å²) in [5.74, 6) is 1.25. The number of phenols is 1. The van der Waals surface area contributed by atoms with E-state index in [-0.39, 0.29) is 17.3 Å². The van der Waals surface area contributed by atoms with Crippen molar-refractivity contribution < 1.29 is 19.1 Å². The second-order valence-corrected chi connectivity index (χ2v) is 9.40. The lowest BCUT2D eigenvalue weighted by atomic mass is 9.97. The summed E-state index contributed by atoms with van der Waals surface area (Å²) in [7, 11) is 0. The molecule has 3 heterocycles. The predicted molar refractivity (Wildman–Crippen MR) is 123 cm³/mol. The topological polar surface area (TPSA) is 62.9 Å². The minimum atomic E-state index is -0.179. The molecule has 0 saturated carbocycles. The number of aromatic hydroxyl groups is 1. The molecule has 160 valence electrons. The van der Waals surface area contributed by atoms with Crippen molar-refractivity contribution in [2.24, 2.45) is 0 Å². The summed E-state index contributed by atoms with van der Waals surface area (Å²) < 4.78 is 12.9. The van der Waals surface area contributed by atoms with E-state index in [9.17, 15) is 9.90 Å². The first-order valence-electron chi connectivity index (χ1n) is 10.6. The number of rotatable bonds is 3. The Morgan fingerprint density at radius 3 is 2.90 bits per heavy atom. The highest BCUT2D eigenvalue weighted by Gasteiger charge is 2.34. The highest BCUT2D eigenvalue weighted by atomic mass is 79.9. The number of allylic oxidation sites excluding steroid dienone is 1. The first-order valence-corrected chi connectivity index (χ1v) is 11.4. The molecule has 2 aliphatic heterocycles. The molecule has 31 heavy (non-hydrogen) atoms. The van der Waals surface area contributed by atoms with E-state index in [4.69, 9.17) is 9.15 Å². The zero-order valence-corrected chi connectivity index (χ0v) is 19.2. The third-order valence-electron chi connectivity index (χ3n) is 6.29. The van der Waals surface area contributed by atoms with Gasteiger partial charge in [-0.25, -0.2) is 0 Å². The molecule has 2 aliphatic rings. The Balaban J connectivity index is 1.51. The number of aryl methyl sites for hydroxylation is 1. The van der Waals surface area contributed by atoms with Gasteiger partial charge in [0.05, 0.1) is 11.1 Å². The summed E-state index contributed by atoms with van der Waals surface area (Å²) in [6.45, 7) is 5.58. The van der Waals surface area contributed by atoms with Crippen molar-refractivity contribution in [1.82, 2.24) is 4.90 Å². The minimum absolute atomic E-state index is 0.177. The van der Waals surface area contributed by atoms with Crippen molar-refractivity contribution in [1.29, 1.82) is 0 Å². The number of phenolic OH excluding ortho intramolecular Hbond substituents is 1. The van der Waals surface area contributed by atoms with Crippen molar-refractivity contribution in [3.05, 3.63) is 63.0 Å². The smallest absolute Gasteiger partial charge is 0.232 e. The molecule has 1 atom stereocenters. The molecule has 0 bridgehead atoms. The van der Waals surface area contributed by atoms with Crippen LogP contribution in [0.3, 0.4) is 0 Å². The number of furan rings is 1. The van der Waals surface area contributed by atoms with Gasteiger partial charge in [0.25, 0.3) is 0 Å². The van der Waals surface area contributed by atoms with Gasteiger partial charge in [0, 0.05) is 28.5 Å². The monoisotopic (exact) mass is 481 g/mol. The van der Waals surface area contributed by atoms with Gasteiger partial charge in [-0.3, -0.25) is 9.69 Å². The van der Waals surface area contributed by atoms with E-state index in [1.165, 1.54) is 6.42 Å². The Kier molecular flexibility index (Phi) is 5.15. The fourth-order valence-electron chi connectivity index (χ4n) is 4.56. The Labute approximate surface area is 189 Å². The Morgan fingerprint density at radius 1 is 1.26 bits per heavy atom. The van der Waals surface area contributed by atoms with Gasteiger partial charge >= 0.3 is 0 Å². The van der Waals surface area contributed by atoms with E-state index >= 15 is 0 Å². The first kappa shape index (κ1) is 20.3. The summed E-state index contributed by atoms with van der Waals surface area (Å²) in [5, 5.41) is 11.6. The van der Waals surface area contributed by atoms with Crippen LogP contribution in [0.4, 0.5) is 0 Å². The first-order chi connectivity index (χ1) is 14.9. The summed E-state index contributed by atoms with van der Waals surface area (Å²) in [6.07, 6.45) is 5.15. The molecule has 0 spiro atoms. The van der Waals surface area contributed by atoms with E-state index in [2.05, 4.69) is 27.8 Å². The second-order valence-electron chi connectivity index (χ2n) is 8.48. The zero-order valence-electron chi connectivity index (χ0n) is 17.6. The van der Waals surface area contributed by atoms with Crippen LogP contribution in [-0.4, -0.2) is 28.4 Å². The number of hydrogen-bond donors (Lipinski definition) is 1. The standard InChI is InChI=1S/C25H24BrNO4/c1-14-9-20(28)19(13-27-8-4-3-5-15(27)2)25-23(14)24(29)22(31-25)12-18-11-16-10-17(26)6-7-21(16)30-18/h6-7,9-12,15,28H,3-5,8,13H2,1-2H3/t15-/m0/s1. The van der Waals surface area contributed by atoms with Gasteiger partial charge in [0.15, 0.2) is 5.76 Å². The predicted octanol–water partition coefficient (Wildman–Crippen LogP) is 6.20. The van der Waals surface area contributed by atoms with Crippen LogP contribution in [0.1, 0.15) is 53.4 Å². The van der Waals surface area contributed by atoms with Crippen LogP contribution in [-0.2, 0) is 6.54 Å². The fraction of sp³-hybridized carbons (Fsp3) is 0.320. The van der Waals surface area contributed by atoms with E-state index < -0.39 is 0 Å². The highest BCUT2D eigenvalue weighted by molar-refractivity contribution is 9.10. The van der Waals surface area contributed by atoms with E-state index in [1.807, 2.05) is 31.2 Å². The number of ether oxygens (including phenoxy) is 1. The van der Waals surface area contributed by atoms with Crippen molar-refractivity contribution in [2.75, 3.05) is 6.54 Å². The third kappa shape index (κ3) is 3.68. The van der Waals surface area contributed by atoms with Crippen LogP contribution in [0.5, 0.6) is 11.5 Å². The molecule has 1 fully saturated rings. The lowest BCUT2D eigenvalue weighted by Gasteiger charge is -2.33. The number of carbonyl (C=O) groups excluding carboxylic acids is 1. The van der Waals surface area contributed by atoms with Gasteiger partial charge in [0.1, 0.15) is 22.8 Å². The lowest BCUT2D eigenvalue weighted by Crippen LogP contribution is -2.36. The zero-order chi connectivity index (χ0) is 21.7. The van der Waals surface area contributed by atoms with E-state index in [1.54, 1.807) is 12.1 Å². The number of Topliss-reactive ketones (excluding diaryl/α,β-unsaturated/α-hetero) is 1. The van der Waals surface area contributed by atoms with Gasteiger partial charge in [-0.2, -0.15) is 0 Å². The number of halogens is 1. The van der Waals surface area contributed by atoms with Crippen molar-refractivity contribution in [3.8, 4) is 11.5 Å². The molecule has 3 aromatic rings. The van der Waals surface area contributed by atoms with Crippen LogP contribution < -0.4 is 4.74 Å². The van der Waals surface area contributed by atoms with Crippen molar-refractivity contribution in [2.45, 2.75) is 45.7 Å². The number of hydrogen-bond acceptors (Lipinski definition) is 5. The van der Waals surface area contributed by atoms with Crippen molar-refractivity contribution in [3.63, 3.8) is 0 Å². The summed E-state index contributed by atoms with van der Waals surface area (Å²) in [5.41, 5.74) is 2.67. The molecule has 0 radical (unpaired) electrons. The molecule has 1 N–H and O–H groups in total. The Hall–Kier alpha value is -2.57. The maximum Gasteiger partial charge on any atom is 0.232 e. The van der Waals surface area contributed by atoms with Crippen LogP contribution in [0.15, 0.2) is 45.0 Å². The van der Waals surface area contributed by atoms with Crippen molar-refractivity contribution >= 4 is 38.8 Å².